The Morgan fingerprint density at radius 3 is 2.81 bits per heavy atom. The van der Waals surface area contributed by atoms with Gasteiger partial charge in [-0.05, 0) is 42.0 Å². The highest BCUT2D eigenvalue weighted by Gasteiger charge is 2.46. The van der Waals surface area contributed by atoms with Crippen LogP contribution in [0, 0.1) is 0 Å². The van der Waals surface area contributed by atoms with Crippen LogP contribution in [-0.4, -0.2) is 30.9 Å². The monoisotopic (exact) mass is 425 g/mol. The molecule has 1 aliphatic heterocycles. The Bertz CT molecular complexity index is 1470. The Hall–Kier alpha value is -4.02. The molecule has 0 spiro atoms. The van der Waals surface area contributed by atoms with Crippen molar-refractivity contribution < 1.29 is 18.3 Å². The third kappa shape index (κ3) is 2.88. The summed E-state index contributed by atoms with van der Waals surface area (Å²) in [6.45, 7) is 0. The van der Waals surface area contributed by atoms with Gasteiger partial charge >= 0.3 is 12.0 Å². The van der Waals surface area contributed by atoms with E-state index in [1.165, 1.54) is 12.3 Å². The average molecular weight is 425 g/mol. The van der Waals surface area contributed by atoms with Gasteiger partial charge in [-0.15, -0.1) is 8.78 Å². The molecule has 4 heterocycles. The number of rotatable bonds is 3. The second-order valence-corrected chi connectivity index (χ2v) is 7.49. The number of benzene rings is 1. The van der Waals surface area contributed by atoms with E-state index < -0.39 is 17.5 Å². The molecule has 1 fully saturated rings. The highest BCUT2D eigenvalue weighted by Crippen LogP contribution is 2.57. The number of imidazole rings is 1. The molecule has 0 amide bonds. The Kier molecular flexibility index (Phi) is 3.45. The Morgan fingerprint density at radius 1 is 1.13 bits per heavy atom. The summed E-state index contributed by atoms with van der Waals surface area (Å²) in [7, 11) is 0. The second kappa shape index (κ2) is 6.00. The molecule has 11 heteroatoms. The highest BCUT2D eigenvalue weighted by atomic mass is 19.3. The molecule has 0 unspecified atom stereocenters. The summed E-state index contributed by atoms with van der Waals surface area (Å²) in [4.78, 5) is 32.6. The van der Waals surface area contributed by atoms with Crippen LogP contribution in [0.5, 0.6) is 11.5 Å². The van der Waals surface area contributed by atoms with Gasteiger partial charge in [0.1, 0.15) is 0 Å². The predicted octanol–water partition coefficient (Wildman–Crippen LogP) is 2.37. The van der Waals surface area contributed by atoms with E-state index >= 15 is 0 Å². The van der Waals surface area contributed by atoms with E-state index in [1.807, 2.05) is 0 Å². The first-order chi connectivity index (χ1) is 14.9. The number of nitrogens with one attached hydrogen (secondary N) is 2. The lowest BCUT2D eigenvalue weighted by atomic mass is 10.0. The molecule has 9 nitrogen and oxygen atoms in total. The fourth-order valence-corrected chi connectivity index (χ4v) is 4.05. The minimum absolute atomic E-state index is 0.00471. The third-order valence-electron chi connectivity index (χ3n) is 5.53. The van der Waals surface area contributed by atoms with E-state index in [4.69, 9.17) is 0 Å². The fourth-order valence-electron chi connectivity index (χ4n) is 4.05. The van der Waals surface area contributed by atoms with Gasteiger partial charge in [0.15, 0.2) is 17.1 Å². The molecule has 0 radical (unpaired) electrons. The summed E-state index contributed by atoms with van der Waals surface area (Å²) >= 11 is 0. The van der Waals surface area contributed by atoms with E-state index in [2.05, 4.69) is 29.5 Å². The van der Waals surface area contributed by atoms with Gasteiger partial charge in [0, 0.05) is 24.2 Å². The molecule has 1 saturated carbocycles. The minimum atomic E-state index is -3.66. The van der Waals surface area contributed by atoms with Crippen LogP contribution in [0.25, 0.3) is 16.9 Å². The molecule has 31 heavy (non-hydrogen) atoms. The van der Waals surface area contributed by atoms with E-state index in [0.717, 1.165) is 17.5 Å². The zero-order valence-electron chi connectivity index (χ0n) is 15.6. The molecular weight excluding hydrogens is 412 g/mol. The van der Waals surface area contributed by atoms with Crippen LogP contribution in [0.1, 0.15) is 29.4 Å². The maximum absolute atomic E-state index is 13.3. The lowest BCUT2D eigenvalue weighted by molar-refractivity contribution is -0.286. The largest absolute Gasteiger partial charge is 0.586 e. The summed E-state index contributed by atoms with van der Waals surface area (Å²) in [6.07, 6.45) is 1.70. The normalized spacial score (nSPS) is 20.8. The Labute approximate surface area is 171 Å². The minimum Gasteiger partial charge on any atom is -0.395 e. The van der Waals surface area contributed by atoms with Gasteiger partial charge in [0.25, 0.3) is 5.56 Å². The van der Waals surface area contributed by atoms with Crippen LogP contribution in [0.4, 0.5) is 8.78 Å². The van der Waals surface area contributed by atoms with Crippen molar-refractivity contribution in [1.82, 2.24) is 24.6 Å². The van der Waals surface area contributed by atoms with E-state index in [9.17, 15) is 18.4 Å². The Morgan fingerprint density at radius 2 is 1.97 bits per heavy atom. The van der Waals surface area contributed by atoms with Gasteiger partial charge in [-0.1, -0.05) is 6.07 Å². The van der Waals surface area contributed by atoms with Gasteiger partial charge in [0.05, 0.1) is 11.3 Å². The summed E-state index contributed by atoms with van der Waals surface area (Å²) in [6, 6.07) is 6.56. The first-order valence-electron chi connectivity index (χ1n) is 9.44. The standard InChI is InChI=1S/C20H13F2N5O4/c21-20(22)30-15-2-1-9(5-16(15)31-20)10-6-11(10)12-7-14(26-27-4-3-23-17(12)27)13-8-24-19(29)25-18(13)28/h1-5,7-8,10-11H,6H2,(H2,24,25,28,29)/t10-,11+/m0/s1. The fraction of sp³-hybridized carbons (Fsp3) is 0.200. The summed E-state index contributed by atoms with van der Waals surface area (Å²) in [5, 5.41) is 4.42. The zero-order valence-corrected chi connectivity index (χ0v) is 15.6. The van der Waals surface area contributed by atoms with Crippen LogP contribution >= 0.6 is 0 Å². The van der Waals surface area contributed by atoms with Crippen LogP contribution in [0.3, 0.4) is 0 Å². The highest BCUT2D eigenvalue weighted by molar-refractivity contribution is 5.64. The maximum Gasteiger partial charge on any atom is 0.586 e. The quantitative estimate of drug-likeness (QED) is 0.521. The van der Waals surface area contributed by atoms with Crippen molar-refractivity contribution in [2.24, 2.45) is 0 Å². The SMILES string of the molecule is O=c1[nH]cc(-c2cc([C@@H]3C[C@H]3c3ccc4c(c3)OC(F)(F)O4)c3nccn3n2)c(=O)[nH]1. The van der Waals surface area contributed by atoms with Crippen LogP contribution < -0.4 is 20.7 Å². The average Bonchev–Trinajstić information content (AvgIpc) is 3.24. The number of fused-ring (bicyclic) bond motifs is 2. The van der Waals surface area contributed by atoms with Crippen LogP contribution in [0.2, 0.25) is 0 Å². The lowest BCUT2D eigenvalue weighted by Gasteiger charge is -2.08. The van der Waals surface area contributed by atoms with E-state index in [0.29, 0.717) is 11.3 Å². The van der Waals surface area contributed by atoms with Crippen molar-refractivity contribution in [2.75, 3.05) is 0 Å². The smallest absolute Gasteiger partial charge is 0.395 e. The first-order valence-corrected chi connectivity index (χ1v) is 9.44. The number of ether oxygens (including phenoxy) is 2. The first kappa shape index (κ1) is 17.8. The zero-order chi connectivity index (χ0) is 21.3. The Balaban J connectivity index is 1.39. The number of hydrogen-bond donors (Lipinski definition) is 2. The number of aromatic nitrogens is 5. The molecule has 156 valence electrons. The molecule has 3 aromatic heterocycles. The third-order valence-corrected chi connectivity index (χ3v) is 5.53. The summed E-state index contributed by atoms with van der Waals surface area (Å²) in [5.74, 6) is 0.126. The second-order valence-electron chi connectivity index (χ2n) is 7.49. The van der Waals surface area contributed by atoms with Crippen molar-refractivity contribution in [3.8, 4) is 22.8 Å². The summed E-state index contributed by atoms with van der Waals surface area (Å²) in [5.41, 5.74) is 1.81. The van der Waals surface area contributed by atoms with E-state index in [-0.39, 0.29) is 28.9 Å². The van der Waals surface area contributed by atoms with Gasteiger partial charge in [0.2, 0.25) is 0 Å². The molecular formula is C20H13F2N5O4. The molecule has 2 aliphatic rings. The summed E-state index contributed by atoms with van der Waals surface area (Å²) < 4.78 is 37.2. The lowest BCUT2D eigenvalue weighted by Crippen LogP contribution is -2.25. The number of halogens is 2. The van der Waals surface area contributed by atoms with E-state index in [1.54, 1.807) is 35.1 Å². The van der Waals surface area contributed by atoms with Gasteiger partial charge in [-0.3, -0.25) is 9.78 Å². The van der Waals surface area contributed by atoms with Crippen LogP contribution in [0.15, 0.2) is 52.4 Å². The van der Waals surface area contributed by atoms with Crippen molar-refractivity contribution in [3.05, 3.63) is 74.8 Å². The molecule has 1 aliphatic carbocycles. The predicted molar refractivity (Wildman–Crippen MR) is 102 cm³/mol. The molecule has 0 saturated heterocycles. The number of hydrogen-bond acceptors (Lipinski definition) is 6. The topological polar surface area (TPSA) is 114 Å². The molecule has 4 aromatic rings. The number of nitrogens with zero attached hydrogens (tertiary/aromatic N) is 3. The number of alkyl halides is 2. The van der Waals surface area contributed by atoms with Gasteiger partial charge in [-0.25, -0.2) is 14.3 Å². The molecule has 2 atom stereocenters. The molecule has 0 bridgehead atoms. The van der Waals surface area contributed by atoms with Crippen molar-refractivity contribution >= 4 is 5.65 Å². The van der Waals surface area contributed by atoms with Crippen molar-refractivity contribution in [2.45, 2.75) is 24.6 Å². The number of aromatic amines is 2. The van der Waals surface area contributed by atoms with Crippen molar-refractivity contribution in [3.63, 3.8) is 0 Å². The molecule has 1 aromatic carbocycles. The number of H-pyrrole nitrogens is 2. The molecule has 6 rings (SSSR count). The maximum atomic E-state index is 13.3. The van der Waals surface area contributed by atoms with Crippen molar-refractivity contribution in [1.29, 1.82) is 0 Å². The van der Waals surface area contributed by atoms with Gasteiger partial charge in [-0.2, -0.15) is 5.10 Å². The van der Waals surface area contributed by atoms with Gasteiger partial charge < -0.3 is 14.5 Å². The van der Waals surface area contributed by atoms with Crippen LogP contribution in [-0.2, 0) is 0 Å². The molecule has 2 N–H and O–H groups in total.